The Kier molecular flexibility index (Phi) is 4.04. The highest BCUT2D eigenvalue weighted by Gasteiger charge is 2.28. The smallest absolute Gasteiger partial charge is 0.159 e. The number of ether oxygens (including phenoxy) is 1. The number of nitrogens with zero attached hydrogens (tertiary/aromatic N) is 4. The van der Waals surface area contributed by atoms with Crippen LogP contribution in [0.25, 0.3) is 11.2 Å². The molecule has 2 aliphatic carbocycles. The first-order valence-corrected chi connectivity index (χ1v) is 10.6. The van der Waals surface area contributed by atoms with Gasteiger partial charge in [-0.1, -0.05) is 29.8 Å². The van der Waals surface area contributed by atoms with E-state index in [4.69, 9.17) is 9.72 Å². The van der Waals surface area contributed by atoms with Crippen LogP contribution in [-0.2, 0) is 11.2 Å². The predicted molar refractivity (Wildman–Crippen MR) is 114 cm³/mol. The fourth-order valence-electron chi connectivity index (χ4n) is 4.98. The maximum absolute atomic E-state index is 5.51. The molecule has 1 saturated heterocycles. The molecule has 3 aliphatic rings. The van der Waals surface area contributed by atoms with Crippen LogP contribution >= 0.6 is 0 Å². The van der Waals surface area contributed by atoms with Gasteiger partial charge in [-0.2, -0.15) is 9.61 Å². The maximum atomic E-state index is 5.51. The van der Waals surface area contributed by atoms with Gasteiger partial charge < -0.3 is 15.0 Å². The summed E-state index contributed by atoms with van der Waals surface area (Å²) in [6.45, 7) is 3.28. The van der Waals surface area contributed by atoms with E-state index >= 15 is 0 Å². The molecular weight excluding hydrogens is 362 g/mol. The van der Waals surface area contributed by atoms with Crippen molar-refractivity contribution in [3.05, 3.63) is 59.3 Å². The first kappa shape index (κ1) is 17.0. The van der Waals surface area contributed by atoms with E-state index < -0.39 is 0 Å². The van der Waals surface area contributed by atoms with Crippen LogP contribution in [0.2, 0.25) is 0 Å². The van der Waals surface area contributed by atoms with Gasteiger partial charge >= 0.3 is 0 Å². The topological polar surface area (TPSA) is 54.7 Å². The second-order valence-electron chi connectivity index (χ2n) is 8.20. The highest BCUT2D eigenvalue weighted by atomic mass is 16.5. The van der Waals surface area contributed by atoms with Gasteiger partial charge in [0.1, 0.15) is 11.6 Å². The van der Waals surface area contributed by atoms with Crippen LogP contribution in [0.5, 0.6) is 0 Å². The number of morpholine rings is 1. The average molecular weight is 387 g/mol. The SMILES string of the molecule is c1ccc2c(c1)CC1=C2CC(Nc2cc(N3CCOCC3)nc3ccnn23)CC1. The largest absolute Gasteiger partial charge is 0.378 e. The quantitative estimate of drug-likeness (QED) is 0.745. The Bertz CT molecular complexity index is 1100. The third kappa shape index (κ3) is 2.99. The molecule has 1 fully saturated rings. The van der Waals surface area contributed by atoms with Gasteiger partial charge in [0.05, 0.1) is 19.4 Å². The normalized spacial score (nSPS) is 21.4. The van der Waals surface area contributed by atoms with Gasteiger partial charge in [-0.3, -0.25) is 0 Å². The van der Waals surface area contributed by atoms with E-state index in [2.05, 4.69) is 45.6 Å². The van der Waals surface area contributed by atoms with E-state index in [9.17, 15) is 0 Å². The minimum absolute atomic E-state index is 0.409. The number of allylic oxidation sites excluding steroid dienone is 1. The number of hydrogen-bond donors (Lipinski definition) is 1. The van der Waals surface area contributed by atoms with Crippen LogP contribution in [0, 0.1) is 0 Å². The lowest BCUT2D eigenvalue weighted by molar-refractivity contribution is 0.122. The molecule has 1 aromatic carbocycles. The highest BCUT2D eigenvalue weighted by Crippen LogP contribution is 2.42. The summed E-state index contributed by atoms with van der Waals surface area (Å²) < 4.78 is 7.43. The minimum Gasteiger partial charge on any atom is -0.378 e. The fraction of sp³-hybridized carbons (Fsp3) is 0.391. The first-order chi connectivity index (χ1) is 14.3. The van der Waals surface area contributed by atoms with Crippen molar-refractivity contribution in [2.75, 3.05) is 36.5 Å². The number of nitrogens with one attached hydrogen (secondary N) is 1. The second-order valence-corrected chi connectivity index (χ2v) is 8.20. The summed E-state index contributed by atoms with van der Waals surface area (Å²) in [6, 6.07) is 13.4. The van der Waals surface area contributed by atoms with Crippen LogP contribution in [0.3, 0.4) is 0 Å². The van der Waals surface area contributed by atoms with Gasteiger partial charge in [-0.15, -0.1) is 0 Å². The molecule has 0 bridgehead atoms. The Morgan fingerprint density at radius 3 is 2.93 bits per heavy atom. The molecule has 3 heterocycles. The van der Waals surface area contributed by atoms with Crippen LogP contribution in [0.1, 0.15) is 30.4 Å². The standard InChI is InChI=1S/C23H25N5O/c1-2-4-19-16(3-1)13-17-5-6-18(14-20(17)19)25-23-15-22(27-9-11-29-12-10-27)26-21-7-8-24-28(21)23/h1-4,7-8,15,18,25H,5-6,9-14H2. The number of fused-ring (bicyclic) bond motifs is 3. The lowest BCUT2D eigenvalue weighted by Crippen LogP contribution is -2.37. The van der Waals surface area contributed by atoms with Gasteiger partial charge in [-0.05, 0) is 42.4 Å². The van der Waals surface area contributed by atoms with E-state index in [1.165, 1.54) is 17.5 Å². The van der Waals surface area contributed by atoms with Gasteiger partial charge in [0.25, 0.3) is 0 Å². The summed E-state index contributed by atoms with van der Waals surface area (Å²) in [5, 5.41) is 8.31. The molecule has 1 N–H and O–H groups in total. The van der Waals surface area contributed by atoms with Crippen LogP contribution in [0.15, 0.2) is 48.2 Å². The van der Waals surface area contributed by atoms with Crippen molar-refractivity contribution in [2.24, 2.45) is 0 Å². The number of anilines is 2. The lowest BCUT2D eigenvalue weighted by Gasteiger charge is -2.29. The van der Waals surface area contributed by atoms with Gasteiger partial charge in [0.2, 0.25) is 0 Å². The molecule has 3 aromatic rings. The third-order valence-electron chi connectivity index (χ3n) is 6.45. The average Bonchev–Trinajstić information content (AvgIpc) is 3.39. The Balaban J connectivity index is 1.29. The molecule has 0 radical (unpaired) electrons. The van der Waals surface area contributed by atoms with Crippen molar-refractivity contribution >= 4 is 22.9 Å². The van der Waals surface area contributed by atoms with Crippen molar-refractivity contribution in [1.82, 2.24) is 14.6 Å². The van der Waals surface area contributed by atoms with Crippen molar-refractivity contribution in [1.29, 1.82) is 0 Å². The van der Waals surface area contributed by atoms with Crippen molar-refractivity contribution in [3.63, 3.8) is 0 Å². The molecule has 0 spiro atoms. The Hall–Kier alpha value is -2.86. The molecule has 6 nitrogen and oxygen atoms in total. The molecule has 0 amide bonds. The van der Waals surface area contributed by atoms with Gasteiger partial charge in [-0.25, -0.2) is 4.98 Å². The summed E-state index contributed by atoms with van der Waals surface area (Å²) >= 11 is 0. The molecule has 6 rings (SSSR count). The molecule has 148 valence electrons. The van der Waals surface area contributed by atoms with E-state index in [-0.39, 0.29) is 0 Å². The van der Waals surface area contributed by atoms with Gasteiger partial charge in [0, 0.05) is 31.3 Å². The third-order valence-corrected chi connectivity index (χ3v) is 6.45. The lowest BCUT2D eigenvalue weighted by atomic mass is 9.88. The van der Waals surface area contributed by atoms with Crippen LogP contribution < -0.4 is 10.2 Å². The predicted octanol–water partition coefficient (Wildman–Crippen LogP) is 3.54. The summed E-state index contributed by atoms with van der Waals surface area (Å²) in [5.41, 5.74) is 7.03. The molecule has 0 saturated carbocycles. The van der Waals surface area contributed by atoms with Gasteiger partial charge in [0.15, 0.2) is 5.65 Å². The molecule has 2 aromatic heterocycles. The van der Waals surface area contributed by atoms with Crippen molar-refractivity contribution in [2.45, 2.75) is 31.7 Å². The first-order valence-electron chi connectivity index (χ1n) is 10.6. The highest BCUT2D eigenvalue weighted by molar-refractivity contribution is 5.78. The minimum atomic E-state index is 0.409. The van der Waals surface area contributed by atoms with Crippen LogP contribution in [0.4, 0.5) is 11.6 Å². The molecule has 29 heavy (non-hydrogen) atoms. The number of rotatable bonds is 3. The summed E-state index contributed by atoms with van der Waals surface area (Å²) in [6.07, 6.45) is 6.36. The Labute approximate surface area is 170 Å². The fourth-order valence-corrected chi connectivity index (χ4v) is 4.98. The number of hydrogen-bond acceptors (Lipinski definition) is 5. The Morgan fingerprint density at radius 2 is 2.00 bits per heavy atom. The Morgan fingerprint density at radius 1 is 1.10 bits per heavy atom. The van der Waals surface area contributed by atoms with Crippen LogP contribution in [-0.4, -0.2) is 46.9 Å². The molecular formula is C23H25N5O. The zero-order chi connectivity index (χ0) is 19.2. The maximum Gasteiger partial charge on any atom is 0.159 e. The molecule has 6 heteroatoms. The summed E-state index contributed by atoms with van der Waals surface area (Å²) in [4.78, 5) is 7.12. The van der Waals surface area contributed by atoms with Crippen molar-refractivity contribution in [3.8, 4) is 0 Å². The van der Waals surface area contributed by atoms with E-state index in [0.29, 0.717) is 6.04 Å². The summed E-state index contributed by atoms with van der Waals surface area (Å²) in [7, 11) is 0. The molecule has 1 unspecified atom stereocenters. The van der Waals surface area contributed by atoms with Crippen molar-refractivity contribution < 1.29 is 4.74 Å². The number of benzene rings is 1. The van der Waals surface area contributed by atoms with E-state index in [0.717, 1.165) is 62.8 Å². The van der Waals surface area contributed by atoms with E-state index in [1.54, 1.807) is 11.1 Å². The zero-order valence-corrected chi connectivity index (χ0v) is 16.5. The second kappa shape index (κ2) is 6.88. The summed E-state index contributed by atoms with van der Waals surface area (Å²) in [5.74, 6) is 2.03. The number of aromatic nitrogens is 3. The monoisotopic (exact) mass is 387 g/mol. The zero-order valence-electron chi connectivity index (χ0n) is 16.5. The molecule has 1 aliphatic heterocycles. The van der Waals surface area contributed by atoms with E-state index in [1.807, 2.05) is 16.8 Å². The molecule has 1 atom stereocenters.